The lowest BCUT2D eigenvalue weighted by Crippen LogP contribution is -2.51. The van der Waals surface area contributed by atoms with Crippen molar-refractivity contribution >= 4 is 0 Å². The summed E-state index contributed by atoms with van der Waals surface area (Å²) in [6.45, 7) is 7.75. The third-order valence-electron chi connectivity index (χ3n) is 2.71. The van der Waals surface area contributed by atoms with E-state index in [0.717, 1.165) is 26.1 Å². The number of rotatable bonds is 4. The molecule has 1 aliphatic heterocycles. The Morgan fingerprint density at radius 3 is 2.36 bits per heavy atom. The van der Waals surface area contributed by atoms with Crippen LogP contribution in [-0.4, -0.2) is 26.4 Å². The van der Waals surface area contributed by atoms with Crippen molar-refractivity contribution in [1.29, 1.82) is 0 Å². The number of hydrogen-bond acceptors (Lipinski definition) is 2. The minimum Gasteiger partial charge on any atom is -0.381 e. The summed E-state index contributed by atoms with van der Waals surface area (Å²) in [4.78, 5) is 0. The van der Waals surface area contributed by atoms with Crippen molar-refractivity contribution in [3.8, 4) is 0 Å². The van der Waals surface area contributed by atoms with Crippen LogP contribution in [0.2, 0.25) is 0 Å². The average molecular weight is 157 g/mol. The highest BCUT2D eigenvalue weighted by molar-refractivity contribution is 4.92. The predicted octanol–water partition coefficient (Wildman–Crippen LogP) is 1.65. The SMILES string of the molecule is [CH2]CC(OC)C1(CC)COC1. The van der Waals surface area contributed by atoms with Crippen molar-refractivity contribution in [2.24, 2.45) is 5.41 Å². The monoisotopic (exact) mass is 157 g/mol. The minimum atomic E-state index is 0.274. The molecule has 1 heterocycles. The van der Waals surface area contributed by atoms with E-state index in [4.69, 9.17) is 9.47 Å². The normalized spacial score (nSPS) is 24.3. The summed E-state index contributed by atoms with van der Waals surface area (Å²) in [6.07, 6.45) is 2.25. The van der Waals surface area contributed by atoms with Gasteiger partial charge in [0, 0.05) is 12.5 Å². The van der Waals surface area contributed by atoms with E-state index in [1.54, 1.807) is 7.11 Å². The molecule has 1 fully saturated rings. The molecule has 2 heteroatoms. The van der Waals surface area contributed by atoms with Gasteiger partial charge in [-0.2, -0.15) is 0 Å². The maximum absolute atomic E-state index is 5.36. The Morgan fingerprint density at radius 1 is 1.64 bits per heavy atom. The summed E-state index contributed by atoms with van der Waals surface area (Å²) < 4.78 is 10.6. The largest absolute Gasteiger partial charge is 0.381 e. The van der Waals surface area contributed by atoms with E-state index in [9.17, 15) is 0 Å². The standard InChI is InChI=1S/C9H17O2/c1-4-8(10-3)9(5-2)6-11-7-9/h8H,1,4-7H2,2-3H3. The molecule has 11 heavy (non-hydrogen) atoms. The van der Waals surface area contributed by atoms with E-state index >= 15 is 0 Å². The maximum atomic E-state index is 5.36. The van der Waals surface area contributed by atoms with Gasteiger partial charge in [-0.25, -0.2) is 0 Å². The number of ether oxygens (including phenoxy) is 2. The molecule has 1 unspecified atom stereocenters. The lowest BCUT2D eigenvalue weighted by atomic mass is 9.76. The fourth-order valence-electron chi connectivity index (χ4n) is 1.66. The molecule has 1 saturated heterocycles. The number of methoxy groups -OCH3 is 1. The van der Waals surface area contributed by atoms with Crippen LogP contribution in [0.15, 0.2) is 0 Å². The van der Waals surface area contributed by atoms with Crippen LogP contribution in [0.1, 0.15) is 19.8 Å². The van der Waals surface area contributed by atoms with Gasteiger partial charge in [0.2, 0.25) is 0 Å². The van der Waals surface area contributed by atoms with Crippen LogP contribution in [-0.2, 0) is 9.47 Å². The van der Waals surface area contributed by atoms with E-state index in [2.05, 4.69) is 13.8 Å². The third kappa shape index (κ3) is 1.42. The zero-order valence-corrected chi connectivity index (χ0v) is 7.43. The molecule has 0 aromatic carbocycles. The van der Waals surface area contributed by atoms with Gasteiger partial charge in [0.1, 0.15) is 0 Å². The molecule has 0 saturated carbocycles. The Hall–Kier alpha value is -0.0800. The molecule has 2 nitrogen and oxygen atoms in total. The highest BCUT2D eigenvalue weighted by Gasteiger charge is 2.43. The highest BCUT2D eigenvalue weighted by Crippen LogP contribution is 2.37. The zero-order chi connectivity index (χ0) is 8.32. The van der Waals surface area contributed by atoms with Crippen LogP contribution in [0.4, 0.5) is 0 Å². The Morgan fingerprint density at radius 2 is 2.27 bits per heavy atom. The lowest BCUT2D eigenvalue weighted by Gasteiger charge is -2.45. The fraction of sp³-hybridized carbons (Fsp3) is 0.889. The van der Waals surface area contributed by atoms with Crippen LogP contribution in [0, 0.1) is 12.3 Å². The van der Waals surface area contributed by atoms with Gasteiger partial charge in [0.05, 0.1) is 19.3 Å². The molecule has 0 spiro atoms. The second-order valence-corrected chi connectivity index (χ2v) is 3.22. The Balaban J connectivity index is 2.51. The molecular weight excluding hydrogens is 140 g/mol. The van der Waals surface area contributed by atoms with E-state index in [1.165, 1.54) is 0 Å². The van der Waals surface area contributed by atoms with Crippen molar-refractivity contribution < 1.29 is 9.47 Å². The minimum absolute atomic E-state index is 0.274. The first-order chi connectivity index (χ1) is 5.29. The molecule has 1 rings (SSSR count). The second kappa shape index (κ2) is 3.55. The summed E-state index contributed by atoms with van der Waals surface area (Å²) in [5, 5.41) is 0. The van der Waals surface area contributed by atoms with Crippen molar-refractivity contribution in [3.05, 3.63) is 6.92 Å². The molecule has 0 bridgehead atoms. The van der Waals surface area contributed by atoms with Crippen LogP contribution >= 0.6 is 0 Å². The summed E-state index contributed by atoms with van der Waals surface area (Å²) in [5.41, 5.74) is 0.274. The third-order valence-corrected chi connectivity index (χ3v) is 2.71. The molecule has 0 aromatic heterocycles. The molecule has 1 aliphatic rings. The summed E-state index contributed by atoms with van der Waals surface area (Å²) in [5.74, 6) is 0. The Labute approximate surface area is 68.9 Å². The molecule has 1 radical (unpaired) electrons. The van der Waals surface area contributed by atoms with E-state index < -0.39 is 0 Å². The number of hydrogen-bond donors (Lipinski definition) is 0. The first-order valence-electron chi connectivity index (χ1n) is 4.19. The first-order valence-corrected chi connectivity index (χ1v) is 4.19. The van der Waals surface area contributed by atoms with Gasteiger partial charge in [0.15, 0.2) is 0 Å². The Bertz CT molecular complexity index is 109. The quantitative estimate of drug-likeness (QED) is 0.617. The van der Waals surface area contributed by atoms with E-state index in [-0.39, 0.29) is 11.5 Å². The molecule has 0 aliphatic carbocycles. The zero-order valence-electron chi connectivity index (χ0n) is 7.43. The van der Waals surface area contributed by atoms with Crippen LogP contribution in [0.3, 0.4) is 0 Å². The molecule has 1 atom stereocenters. The van der Waals surface area contributed by atoms with Gasteiger partial charge in [-0.3, -0.25) is 0 Å². The summed E-state index contributed by atoms with van der Waals surface area (Å²) in [6, 6.07) is 0. The van der Waals surface area contributed by atoms with Gasteiger partial charge in [-0.1, -0.05) is 13.8 Å². The van der Waals surface area contributed by atoms with Gasteiger partial charge in [0.25, 0.3) is 0 Å². The average Bonchev–Trinajstić information content (AvgIpc) is 1.96. The highest BCUT2D eigenvalue weighted by atomic mass is 16.5. The van der Waals surface area contributed by atoms with E-state index in [1.807, 2.05) is 0 Å². The Kier molecular flexibility index (Phi) is 2.90. The van der Waals surface area contributed by atoms with Gasteiger partial charge < -0.3 is 9.47 Å². The molecule has 0 amide bonds. The first kappa shape index (κ1) is 9.01. The summed E-state index contributed by atoms with van der Waals surface area (Å²) in [7, 11) is 1.76. The van der Waals surface area contributed by atoms with Gasteiger partial charge in [-0.05, 0) is 12.8 Å². The topological polar surface area (TPSA) is 18.5 Å². The van der Waals surface area contributed by atoms with Crippen molar-refractivity contribution in [3.63, 3.8) is 0 Å². The maximum Gasteiger partial charge on any atom is 0.0671 e. The predicted molar refractivity (Wildman–Crippen MR) is 44.3 cm³/mol. The van der Waals surface area contributed by atoms with E-state index in [0.29, 0.717) is 0 Å². The van der Waals surface area contributed by atoms with Gasteiger partial charge >= 0.3 is 0 Å². The fourth-order valence-corrected chi connectivity index (χ4v) is 1.66. The van der Waals surface area contributed by atoms with Crippen LogP contribution in [0.5, 0.6) is 0 Å². The lowest BCUT2D eigenvalue weighted by molar-refractivity contribution is -0.180. The van der Waals surface area contributed by atoms with Crippen LogP contribution in [0.25, 0.3) is 0 Å². The molecule has 65 valence electrons. The molecule has 0 aromatic rings. The smallest absolute Gasteiger partial charge is 0.0671 e. The van der Waals surface area contributed by atoms with Crippen molar-refractivity contribution in [2.45, 2.75) is 25.9 Å². The van der Waals surface area contributed by atoms with Crippen molar-refractivity contribution in [2.75, 3.05) is 20.3 Å². The van der Waals surface area contributed by atoms with Crippen molar-refractivity contribution in [1.82, 2.24) is 0 Å². The second-order valence-electron chi connectivity index (χ2n) is 3.22. The van der Waals surface area contributed by atoms with Crippen LogP contribution < -0.4 is 0 Å². The van der Waals surface area contributed by atoms with Gasteiger partial charge in [-0.15, -0.1) is 0 Å². The molecule has 0 N–H and O–H groups in total. The molecular formula is C9H17O2. The summed E-state index contributed by atoms with van der Waals surface area (Å²) >= 11 is 0.